The van der Waals surface area contributed by atoms with Crippen LogP contribution in [0.15, 0.2) is 41.1 Å². The molecule has 5 nitrogen and oxygen atoms in total. The molecule has 1 aromatic heterocycles. The number of hydrogen-bond acceptors (Lipinski definition) is 4. The largest absolute Gasteiger partial charge is 0.380 e. The molecule has 2 aromatic rings. The fourth-order valence-electron chi connectivity index (χ4n) is 2.50. The van der Waals surface area contributed by atoms with Gasteiger partial charge in [-0.2, -0.15) is 0 Å². The van der Waals surface area contributed by atoms with E-state index in [1.165, 1.54) is 12.3 Å². The first-order valence-corrected chi connectivity index (χ1v) is 8.48. The van der Waals surface area contributed by atoms with Crippen LogP contribution in [0.4, 0.5) is 15.8 Å². The maximum absolute atomic E-state index is 14.2. The van der Waals surface area contributed by atoms with Crippen molar-refractivity contribution in [2.75, 3.05) is 23.8 Å². The van der Waals surface area contributed by atoms with E-state index in [2.05, 4.69) is 31.5 Å². The van der Waals surface area contributed by atoms with Gasteiger partial charge in [0.15, 0.2) is 0 Å². The average Bonchev–Trinajstić information content (AvgIpc) is 3.07. The van der Waals surface area contributed by atoms with E-state index in [9.17, 15) is 9.18 Å². The van der Waals surface area contributed by atoms with Gasteiger partial charge in [0, 0.05) is 35.7 Å². The minimum absolute atomic E-state index is 0.132. The smallest absolute Gasteiger partial charge is 0.257 e. The topological polar surface area (TPSA) is 63.2 Å². The van der Waals surface area contributed by atoms with Crippen molar-refractivity contribution in [3.63, 3.8) is 0 Å². The summed E-state index contributed by atoms with van der Waals surface area (Å²) >= 11 is 3.26. The number of hydrogen-bond donors (Lipinski definition) is 2. The molecule has 2 N–H and O–H groups in total. The Morgan fingerprint density at radius 2 is 2.25 bits per heavy atom. The second-order valence-corrected chi connectivity index (χ2v) is 6.47. The Balaban J connectivity index is 1.62. The van der Waals surface area contributed by atoms with Gasteiger partial charge in [-0.1, -0.05) is 0 Å². The number of nitrogens with one attached hydrogen (secondary N) is 2. The van der Waals surface area contributed by atoms with Crippen LogP contribution in [0.3, 0.4) is 0 Å². The Morgan fingerprint density at radius 3 is 2.96 bits per heavy atom. The van der Waals surface area contributed by atoms with Crippen LogP contribution < -0.4 is 10.6 Å². The second kappa shape index (κ2) is 7.72. The van der Waals surface area contributed by atoms with Crippen molar-refractivity contribution in [1.82, 2.24) is 4.98 Å². The van der Waals surface area contributed by atoms with E-state index in [1.807, 2.05) is 0 Å². The van der Waals surface area contributed by atoms with Crippen molar-refractivity contribution in [2.24, 2.45) is 0 Å². The standard InChI is InChI=1S/C17H17BrFN3O2/c18-12-6-11(8-20-9-12)17(23)22-13-3-4-16(15(19)7-13)21-10-14-2-1-5-24-14/h3-4,6-9,14,21H,1-2,5,10H2,(H,22,23). The van der Waals surface area contributed by atoms with Gasteiger partial charge in [0.05, 0.1) is 17.4 Å². The number of carbonyl (C=O) groups excluding carboxylic acids is 1. The van der Waals surface area contributed by atoms with Crippen LogP contribution in [0.2, 0.25) is 0 Å². The Hall–Kier alpha value is -1.99. The molecule has 2 heterocycles. The lowest BCUT2D eigenvalue weighted by molar-refractivity contribution is 0.102. The average molecular weight is 394 g/mol. The van der Waals surface area contributed by atoms with Crippen LogP contribution in [0.1, 0.15) is 23.2 Å². The van der Waals surface area contributed by atoms with Crippen molar-refractivity contribution >= 4 is 33.2 Å². The number of aromatic nitrogens is 1. The fraction of sp³-hybridized carbons (Fsp3) is 0.294. The van der Waals surface area contributed by atoms with Gasteiger partial charge < -0.3 is 15.4 Å². The van der Waals surface area contributed by atoms with Gasteiger partial charge in [0.2, 0.25) is 0 Å². The number of pyridine rings is 1. The summed E-state index contributed by atoms with van der Waals surface area (Å²) in [6.07, 6.45) is 5.21. The highest BCUT2D eigenvalue weighted by atomic mass is 79.9. The molecule has 1 saturated heterocycles. The molecule has 0 spiro atoms. The van der Waals surface area contributed by atoms with Gasteiger partial charge in [0.25, 0.3) is 5.91 Å². The van der Waals surface area contributed by atoms with Crippen LogP contribution in [0, 0.1) is 5.82 Å². The second-order valence-electron chi connectivity index (χ2n) is 5.56. The maximum Gasteiger partial charge on any atom is 0.257 e. The highest BCUT2D eigenvalue weighted by Gasteiger charge is 2.16. The fourth-order valence-corrected chi connectivity index (χ4v) is 2.87. The van der Waals surface area contributed by atoms with Gasteiger partial charge in [-0.05, 0) is 53.0 Å². The number of rotatable bonds is 5. The minimum atomic E-state index is -0.418. The van der Waals surface area contributed by atoms with Gasteiger partial charge >= 0.3 is 0 Å². The predicted octanol–water partition coefficient (Wildman–Crippen LogP) is 3.83. The molecule has 0 bridgehead atoms. The summed E-state index contributed by atoms with van der Waals surface area (Å²) in [5, 5.41) is 5.70. The monoisotopic (exact) mass is 393 g/mol. The zero-order valence-corrected chi connectivity index (χ0v) is 14.5. The number of ether oxygens (including phenoxy) is 1. The molecule has 1 fully saturated rings. The molecule has 24 heavy (non-hydrogen) atoms. The predicted molar refractivity (Wildman–Crippen MR) is 93.8 cm³/mol. The molecular formula is C17H17BrFN3O2. The van der Waals surface area contributed by atoms with Crippen molar-refractivity contribution in [3.05, 3.63) is 52.5 Å². The first-order valence-electron chi connectivity index (χ1n) is 7.69. The van der Waals surface area contributed by atoms with Crippen LogP contribution in [0.5, 0.6) is 0 Å². The zero-order valence-electron chi connectivity index (χ0n) is 12.9. The Labute approximate surface area is 147 Å². The van der Waals surface area contributed by atoms with Gasteiger partial charge in [0.1, 0.15) is 5.82 Å². The van der Waals surface area contributed by atoms with E-state index in [0.29, 0.717) is 28.0 Å². The van der Waals surface area contributed by atoms with Gasteiger partial charge in [-0.3, -0.25) is 9.78 Å². The molecule has 7 heteroatoms. The Kier molecular flexibility index (Phi) is 5.42. The third-order valence-electron chi connectivity index (χ3n) is 3.74. The number of nitrogens with zero attached hydrogens (tertiary/aromatic N) is 1. The van der Waals surface area contributed by atoms with E-state index in [4.69, 9.17) is 4.74 Å². The van der Waals surface area contributed by atoms with Crippen LogP contribution >= 0.6 is 15.9 Å². The van der Waals surface area contributed by atoms with E-state index < -0.39 is 5.82 Å². The van der Waals surface area contributed by atoms with Crippen molar-refractivity contribution < 1.29 is 13.9 Å². The van der Waals surface area contributed by atoms with Crippen LogP contribution in [-0.2, 0) is 4.74 Å². The highest BCUT2D eigenvalue weighted by Crippen LogP contribution is 2.21. The molecule has 1 atom stereocenters. The molecule has 3 rings (SSSR count). The van der Waals surface area contributed by atoms with E-state index in [1.54, 1.807) is 24.4 Å². The molecule has 1 aliphatic heterocycles. The Morgan fingerprint density at radius 1 is 1.38 bits per heavy atom. The number of halogens is 2. The maximum atomic E-state index is 14.2. The Bertz CT molecular complexity index is 736. The summed E-state index contributed by atoms with van der Waals surface area (Å²) in [6, 6.07) is 6.21. The highest BCUT2D eigenvalue weighted by molar-refractivity contribution is 9.10. The van der Waals surface area contributed by atoms with E-state index in [0.717, 1.165) is 19.4 Å². The number of benzene rings is 1. The molecule has 0 saturated carbocycles. The van der Waals surface area contributed by atoms with Crippen molar-refractivity contribution in [2.45, 2.75) is 18.9 Å². The first-order chi connectivity index (χ1) is 11.6. The van der Waals surface area contributed by atoms with Gasteiger partial charge in [-0.15, -0.1) is 0 Å². The summed E-state index contributed by atoms with van der Waals surface area (Å²) in [5.74, 6) is -0.763. The molecule has 1 amide bonds. The lowest BCUT2D eigenvalue weighted by Crippen LogP contribution is -2.19. The molecular weight excluding hydrogens is 377 g/mol. The minimum Gasteiger partial charge on any atom is -0.380 e. The summed E-state index contributed by atoms with van der Waals surface area (Å²) in [7, 11) is 0. The molecule has 0 aliphatic carbocycles. The van der Waals surface area contributed by atoms with Crippen LogP contribution in [-0.4, -0.2) is 30.1 Å². The normalized spacial score (nSPS) is 16.8. The summed E-state index contributed by atoms with van der Waals surface area (Å²) in [5.41, 5.74) is 1.18. The molecule has 1 unspecified atom stereocenters. The van der Waals surface area contributed by atoms with Gasteiger partial charge in [-0.25, -0.2) is 4.39 Å². The summed E-state index contributed by atoms with van der Waals surface area (Å²) in [4.78, 5) is 16.1. The quantitative estimate of drug-likeness (QED) is 0.810. The molecule has 1 aliphatic rings. The lowest BCUT2D eigenvalue weighted by atomic mass is 10.2. The number of anilines is 2. The first kappa shape index (κ1) is 16.9. The molecule has 1 aromatic carbocycles. The third kappa shape index (κ3) is 4.30. The summed E-state index contributed by atoms with van der Waals surface area (Å²) in [6.45, 7) is 1.34. The third-order valence-corrected chi connectivity index (χ3v) is 4.17. The zero-order chi connectivity index (χ0) is 16.9. The number of amides is 1. The van der Waals surface area contributed by atoms with Crippen LogP contribution in [0.25, 0.3) is 0 Å². The lowest BCUT2D eigenvalue weighted by Gasteiger charge is -2.13. The SMILES string of the molecule is O=C(Nc1ccc(NCC2CCCO2)c(F)c1)c1cncc(Br)c1. The molecule has 126 valence electrons. The summed E-state index contributed by atoms with van der Waals surface area (Å²) < 4.78 is 20.4. The van der Waals surface area contributed by atoms with Crippen molar-refractivity contribution in [3.8, 4) is 0 Å². The number of carbonyl (C=O) groups is 1. The van der Waals surface area contributed by atoms with Crippen molar-refractivity contribution in [1.29, 1.82) is 0 Å². The van der Waals surface area contributed by atoms with E-state index >= 15 is 0 Å². The molecule has 0 radical (unpaired) electrons. The van der Waals surface area contributed by atoms with E-state index in [-0.39, 0.29) is 12.0 Å².